The van der Waals surface area contributed by atoms with Crippen LogP contribution in [0.15, 0.2) is 12.2 Å². The molecule has 0 bridgehead atoms. The normalized spacial score (nSPS) is 9.76. The standard InChI is InChI=1S/C13H22O4/c1-4-16-12(14)7-5-6-8-13(15)17-10-9-11(2)3/h2,4-10H2,1,3H3. The van der Waals surface area contributed by atoms with Gasteiger partial charge in [-0.3, -0.25) is 9.59 Å². The van der Waals surface area contributed by atoms with Crippen LogP contribution in [0.1, 0.15) is 46.0 Å². The van der Waals surface area contributed by atoms with E-state index in [2.05, 4.69) is 6.58 Å². The fraction of sp³-hybridized carbons (Fsp3) is 0.692. The molecule has 0 heterocycles. The molecule has 0 amide bonds. The van der Waals surface area contributed by atoms with Crippen LogP contribution in [0.3, 0.4) is 0 Å². The molecule has 4 heteroatoms. The van der Waals surface area contributed by atoms with Gasteiger partial charge in [-0.25, -0.2) is 0 Å². The molecule has 0 unspecified atom stereocenters. The number of ether oxygens (including phenoxy) is 2. The highest BCUT2D eigenvalue weighted by atomic mass is 16.5. The fourth-order valence-electron chi connectivity index (χ4n) is 1.18. The van der Waals surface area contributed by atoms with E-state index in [0.29, 0.717) is 45.3 Å². The Morgan fingerprint density at radius 2 is 1.53 bits per heavy atom. The summed E-state index contributed by atoms with van der Waals surface area (Å²) >= 11 is 0. The van der Waals surface area contributed by atoms with Gasteiger partial charge in [0.2, 0.25) is 0 Å². The van der Waals surface area contributed by atoms with Crippen molar-refractivity contribution in [1.29, 1.82) is 0 Å². The molecule has 98 valence electrons. The molecule has 0 aliphatic rings. The highest BCUT2D eigenvalue weighted by molar-refractivity contribution is 5.70. The lowest BCUT2D eigenvalue weighted by atomic mass is 10.2. The number of carbonyl (C=O) groups is 2. The first-order valence-corrected chi connectivity index (χ1v) is 6.02. The van der Waals surface area contributed by atoms with Crippen LogP contribution in [0.4, 0.5) is 0 Å². The minimum atomic E-state index is -0.213. The summed E-state index contributed by atoms with van der Waals surface area (Å²) in [6.07, 6.45) is 2.75. The van der Waals surface area contributed by atoms with Crippen molar-refractivity contribution < 1.29 is 19.1 Å². The van der Waals surface area contributed by atoms with E-state index in [1.54, 1.807) is 6.92 Å². The van der Waals surface area contributed by atoms with Crippen LogP contribution in [-0.4, -0.2) is 25.2 Å². The molecule has 0 aromatic heterocycles. The molecular weight excluding hydrogens is 220 g/mol. The van der Waals surface area contributed by atoms with Gasteiger partial charge < -0.3 is 9.47 Å². The summed E-state index contributed by atoms with van der Waals surface area (Å²) in [5.41, 5.74) is 1.00. The highest BCUT2D eigenvalue weighted by Gasteiger charge is 2.05. The van der Waals surface area contributed by atoms with Gasteiger partial charge in [-0.05, 0) is 26.7 Å². The monoisotopic (exact) mass is 242 g/mol. The summed E-state index contributed by atoms with van der Waals surface area (Å²) in [6, 6.07) is 0. The summed E-state index contributed by atoms with van der Waals surface area (Å²) in [5, 5.41) is 0. The molecule has 0 aromatic carbocycles. The molecule has 4 nitrogen and oxygen atoms in total. The van der Waals surface area contributed by atoms with Crippen LogP contribution in [0.5, 0.6) is 0 Å². The summed E-state index contributed by atoms with van der Waals surface area (Å²) in [6.45, 7) is 8.19. The molecule has 0 fully saturated rings. The number of hydrogen-bond acceptors (Lipinski definition) is 4. The van der Waals surface area contributed by atoms with E-state index >= 15 is 0 Å². The van der Waals surface area contributed by atoms with Gasteiger partial charge in [-0.15, -0.1) is 6.58 Å². The van der Waals surface area contributed by atoms with Gasteiger partial charge in [-0.1, -0.05) is 5.57 Å². The average Bonchev–Trinajstić information content (AvgIpc) is 2.24. The van der Waals surface area contributed by atoms with Crippen molar-refractivity contribution in [3.8, 4) is 0 Å². The third-order valence-corrected chi connectivity index (χ3v) is 2.11. The van der Waals surface area contributed by atoms with Gasteiger partial charge in [0.1, 0.15) is 0 Å². The smallest absolute Gasteiger partial charge is 0.305 e. The van der Waals surface area contributed by atoms with Gasteiger partial charge in [0.15, 0.2) is 0 Å². The predicted octanol–water partition coefficient (Wildman–Crippen LogP) is 2.62. The highest BCUT2D eigenvalue weighted by Crippen LogP contribution is 2.04. The molecule has 0 saturated heterocycles. The van der Waals surface area contributed by atoms with E-state index in [9.17, 15) is 9.59 Å². The first-order valence-electron chi connectivity index (χ1n) is 6.02. The fourth-order valence-corrected chi connectivity index (χ4v) is 1.18. The molecule has 17 heavy (non-hydrogen) atoms. The molecular formula is C13H22O4. The summed E-state index contributed by atoms with van der Waals surface area (Å²) in [7, 11) is 0. The van der Waals surface area contributed by atoms with E-state index in [-0.39, 0.29) is 11.9 Å². The Balaban J connectivity index is 3.39. The quantitative estimate of drug-likeness (QED) is 0.354. The average molecular weight is 242 g/mol. The molecule has 0 atom stereocenters. The molecule has 0 aromatic rings. The van der Waals surface area contributed by atoms with Gasteiger partial charge >= 0.3 is 11.9 Å². The molecule has 0 aliphatic carbocycles. The van der Waals surface area contributed by atoms with E-state index in [1.165, 1.54) is 0 Å². The Labute approximate surface area is 103 Å². The van der Waals surface area contributed by atoms with Crippen molar-refractivity contribution in [2.45, 2.75) is 46.0 Å². The summed E-state index contributed by atoms with van der Waals surface area (Å²) < 4.78 is 9.77. The molecule has 0 rings (SSSR count). The van der Waals surface area contributed by atoms with Gasteiger partial charge in [0, 0.05) is 19.3 Å². The van der Waals surface area contributed by atoms with Crippen LogP contribution in [0.25, 0.3) is 0 Å². The molecule has 0 radical (unpaired) electrons. The predicted molar refractivity (Wildman–Crippen MR) is 65.5 cm³/mol. The molecule has 0 spiro atoms. The minimum absolute atomic E-state index is 0.205. The van der Waals surface area contributed by atoms with Crippen molar-refractivity contribution in [2.24, 2.45) is 0 Å². The Morgan fingerprint density at radius 1 is 1.00 bits per heavy atom. The van der Waals surface area contributed by atoms with Crippen LogP contribution < -0.4 is 0 Å². The van der Waals surface area contributed by atoms with Crippen molar-refractivity contribution in [3.05, 3.63) is 12.2 Å². The van der Waals surface area contributed by atoms with Gasteiger partial charge in [0.25, 0.3) is 0 Å². The van der Waals surface area contributed by atoms with E-state index < -0.39 is 0 Å². The van der Waals surface area contributed by atoms with Gasteiger partial charge in [0.05, 0.1) is 13.2 Å². The lowest BCUT2D eigenvalue weighted by Gasteiger charge is -2.04. The zero-order chi connectivity index (χ0) is 13.1. The summed E-state index contributed by atoms with van der Waals surface area (Å²) in [4.78, 5) is 22.2. The molecule has 0 aliphatic heterocycles. The van der Waals surface area contributed by atoms with Gasteiger partial charge in [-0.2, -0.15) is 0 Å². The third kappa shape index (κ3) is 11.0. The lowest BCUT2D eigenvalue weighted by Crippen LogP contribution is -2.07. The van der Waals surface area contributed by atoms with Crippen LogP contribution in [0.2, 0.25) is 0 Å². The Hall–Kier alpha value is -1.32. The minimum Gasteiger partial charge on any atom is -0.466 e. The third-order valence-electron chi connectivity index (χ3n) is 2.11. The number of rotatable bonds is 9. The lowest BCUT2D eigenvalue weighted by molar-refractivity contribution is -0.145. The van der Waals surface area contributed by atoms with Crippen molar-refractivity contribution >= 4 is 11.9 Å². The second kappa shape index (κ2) is 9.87. The first kappa shape index (κ1) is 15.7. The maximum atomic E-state index is 11.2. The van der Waals surface area contributed by atoms with Crippen molar-refractivity contribution in [3.63, 3.8) is 0 Å². The van der Waals surface area contributed by atoms with E-state index in [4.69, 9.17) is 9.47 Å². The van der Waals surface area contributed by atoms with E-state index in [0.717, 1.165) is 5.57 Å². The number of esters is 2. The summed E-state index contributed by atoms with van der Waals surface area (Å²) in [5.74, 6) is -0.418. The zero-order valence-corrected chi connectivity index (χ0v) is 10.8. The zero-order valence-electron chi connectivity index (χ0n) is 10.8. The Kier molecular flexibility index (Phi) is 9.11. The second-order valence-corrected chi connectivity index (χ2v) is 3.94. The molecule has 0 saturated carbocycles. The Morgan fingerprint density at radius 3 is 2.00 bits per heavy atom. The first-order chi connectivity index (χ1) is 8.06. The van der Waals surface area contributed by atoms with Crippen LogP contribution in [0, 0.1) is 0 Å². The number of carbonyl (C=O) groups excluding carboxylic acids is 2. The molecule has 0 N–H and O–H groups in total. The number of unbranched alkanes of at least 4 members (excludes halogenated alkanes) is 1. The second-order valence-electron chi connectivity index (χ2n) is 3.94. The van der Waals surface area contributed by atoms with Crippen molar-refractivity contribution in [1.82, 2.24) is 0 Å². The largest absolute Gasteiger partial charge is 0.466 e. The van der Waals surface area contributed by atoms with Crippen LogP contribution in [-0.2, 0) is 19.1 Å². The number of hydrogen-bond donors (Lipinski definition) is 0. The van der Waals surface area contributed by atoms with E-state index in [1.807, 2.05) is 6.92 Å². The maximum absolute atomic E-state index is 11.2. The SMILES string of the molecule is C=C(C)CCOC(=O)CCCCC(=O)OCC. The maximum Gasteiger partial charge on any atom is 0.305 e. The topological polar surface area (TPSA) is 52.6 Å². The van der Waals surface area contributed by atoms with Crippen molar-refractivity contribution in [2.75, 3.05) is 13.2 Å². The Bertz CT molecular complexity index is 258. The van der Waals surface area contributed by atoms with Crippen LogP contribution >= 0.6 is 0 Å².